The molecule has 84 valence electrons. The van der Waals surface area contributed by atoms with E-state index in [4.69, 9.17) is 0 Å². The molecule has 0 aliphatic rings. The van der Waals surface area contributed by atoms with Gasteiger partial charge in [0.2, 0.25) is 0 Å². The Hall–Kier alpha value is -1.98. The molecule has 0 bridgehead atoms. The second-order valence-corrected chi connectivity index (χ2v) is 3.16. The van der Waals surface area contributed by atoms with Gasteiger partial charge in [0.05, 0.1) is 5.56 Å². The van der Waals surface area contributed by atoms with E-state index in [1.807, 2.05) is 0 Å². The molecule has 0 aliphatic heterocycles. The lowest BCUT2D eigenvalue weighted by molar-refractivity contribution is -0.137. The van der Waals surface area contributed by atoms with E-state index in [1.165, 1.54) is 6.07 Å². The van der Waals surface area contributed by atoms with Crippen molar-refractivity contribution >= 4 is 11.5 Å². The summed E-state index contributed by atoms with van der Waals surface area (Å²) in [4.78, 5) is 0. The fourth-order valence-electron chi connectivity index (χ4n) is 1.25. The molecular formula is C10H8F3N3. The molecule has 0 amide bonds. The number of alkyl halides is 3. The molecule has 0 saturated carbocycles. The van der Waals surface area contributed by atoms with Gasteiger partial charge in [-0.3, -0.25) is 5.10 Å². The molecule has 1 heterocycles. The van der Waals surface area contributed by atoms with E-state index >= 15 is 0 Å². The number of H-pyrrole nitrogens is 1. The maximum absolute atomic E-state index is 12.4. The topological polar surface area (TPSA) is 40.7 Å². The van der Waals surface area contributed by atoms with Crippen LogP contribution in [0, 0.1) is 0 Å². The van der Waals surface area contributed by atoms with Crippen LogP contribution in [0.25, 0.3) is 0 Å². The molecule has 1 aromatic heterocycles. The van der Waals surface area contributed by atoms with Gasteiger partial charge in [-0.15, -0.1) is 0 Å². The Morgan fingerprint density at radius 3 is 2.62 bits per heavy atom. The Morgan fingerprint density at radius 2 is 2.00 bits per heavy atom. The van der Waals surface area contributed by atoms with Crippen LogP contribution in [0.5, 0.6) is 0 Å². The minimum atomic E-state index is -4.33. The van der Waals surface area contributed by atoms with Gasteiger partial charge in [-0.2, -0.15) is 18.3 Å². The van der Waals surface area contributed by atoms with Crippen molar-refractivity contribution in [3.8, 4) is 0 Å². The van der Waals surface area contributed by atoms with Crippen molar-refractivity contribution < 1.29 is 13.2 Å². The lowest BCUT2D eigenvalue weighted by Gasteiger charge is -2.08. The first-order chi connectivity index (χ1) is 7.55. The minimum absolute atomic E-state index is 0.349. The third kappa shape index (κ3) is 2.33. The van der Waals surface area contributed by atoms with Crippen LogP contribution in [0.1, 0.15) is 5.56 Å². The van der Waals surface area contributed by atoms with E-state index in [9.17, 15) is 13.2 Å². The first kappa shape index (κ1) is 10.5. The summed E-state index contributed by atoms with van der Waals surface area (Å²) >= 11 is 0. The SMILES string of the molecule is FC(F)(F)c1cccc(Nc2cc[nH]n2)c1. The second kappa shape index (κ2) is 3.88. The van der Waals surface area contributed by atoms with E-state index in [-0.39, 0.29) is 0 Å². The van der Waals surface area contributed by atoms with Crippen molar-refractivity contribution in [3.05, 3.63) is 42.1 Å². The van der Waals surface area contributed by atoms with Gasteiger partial charge < -0.3 is 5.32 Å². The predicted octanol–water partition coefficient (Wildman–Crippen LogP) is 3.17. The standard InChI is InChI=1S/C10H8F3N3/c11-10(12,13)7-2-1-3-8(6-7)15-9-4-5-14-16-9/h1-6H,(H2,14,15,16). The average molecular weight is 227 g/mol. The molecule has 16 heavy (non-hydrogen) atoms. The van der Waals surface area contributed by atoms with Crippen molar-refractivity contribution in [2.45, 2.75) is 6.18 Å². The largest absolute Gasteiger partial charge is 0.416 e. The Morgan fingerprint density at radius 1 is 1.19 bits per heavy atom. The fourth-order valence-corrected chi connectivity index (χ4v) is 1.25. The number of hydrogen-bond donors (Lipinski definition) is 2. The molecule has 3 nitrogen and oxygen atoms in total. The van der Waals surface area contributed by atoms with E-state index in [2.05, 4.69) is 15.5 Å². The summed E-state index contributed by atoms with van der Waals surface area (Å²) in [7, 11) is 0. The Balaban J connectivity index is 2.23. The molecule has 2 rings (SSSR count). The number of aromatic amines is 1. The third-order valence-electron chi connectivity index (χ3n) is 1.96. The van der Waals surface area contributed by atoms with Crippen molar-refractivity contribution in [1.29, 1.82) is 0 Å². The summed E-state index contributed by atoms with van der Waals surface area (Å²) < 4.78 is 37.2. The van der Waals surface area contributed by atoms with Crippen LogP contribution in [0.2, 0.25) is 0 Å². The number of benzene rings is 1. The number of hydrogen-bond acceptors (Lipinski definition) is 2. The summed E-state index contributed by atoms with van der Waals surface area (Å²) in [5.74, 6) is 0.472. The summed E-state index contributed by atoms with van der Waals surface area (Å²) in [5, 5.41) is 9.10. The molecule has 0 spiro atoms. The van der Waals surface area contributed by atoms with Gasteiger partial charge in [-0.1, -0.05) is 6.07 Å². The molecule has 0 radical (unpaired) electrons. The highest BCUT2D eigenvalue weighted by Gasteiger charge is 2.30. The third-order valence-corrected chi connectivity index (χ3v) is 1.96. The van der Waals surface area contributed by atoms with Crippen LogP contribution in [0.15, 0.2) is 36.5 Å². The number of rotatable bonds is 2. The van der Waals surface area contributed by atoms with E-state index in [0.29, 0.717) is 11.5 Å². The molecule has 0 fully saturated rings. The van der Waals surface area contributed by atoms with Crippen molar-refractivity contribution in [2.75, 3.05) is 5.32 Å². The molecule has 0 atom stereocenters. The number of anilines is 2. The predicted molar refractivity (Wildman–Crippen MR) is 53.3 cm³/mol. The smallest absolute Gasteiger partial charge is 0.339 e. The maximum Gasteiger partial charge on any atom is 0.416 e. The van der Waals surface area contributed by atoms with E-state index in [1.54, 1.807) is 18.3 Å². The first-order valence-electron chi connectivity index (χ1n) is 4.50. The summed E-state index contributed by atoms with van der Waals surface area (Å²) in [5.41, 5.74) is -0.338. The molecule has 0 aliphatic carbocycles. The number of halogens is 3. The molecular weight excluding hydrogens is 219 g/mol. The zero-order chi connectivity index (χ0) is 11.6. The van der Waals surface area contributed by atoms with Gasteiger partial charge in [0.15, 0.2) is 5.82 Å². The Labute approximate surface area is 89.3 Å². The zero-order valence-corrected chi connectivity index (χ0v) is 8.05. The molecule has 2 aromatic rings. The average Bonchev–Trinajstić information content (AvgIpc) is 2.70. The molecule has 6 heteroatoms. The van der Waals surface area contributed by atoms with Crippen LogP contribution in [0.4, 0.5) is 24.7 Å². The van der Waals surface area contributed by atoms with Gasteiger partial charge in [0.25, 0.3) is 0 Å². The van der Waals surface area contributed by atoms with Crippen molar-refractivity contribution in [2.24, 2.45) is 0 Å². The monoisotopic (exact) mass is 227 g/mol. The van der Waals surface area contributed by atoms with Crippen molar-refractivity contribution in [3.63, 3.8) is 0 Å². The van der Waals surface area contributed by atoms with Gasteiger partial charge in [0, 0.05) is 18.0 Å². The van der Waals surface area contributed by atoms with E-state index < -0.39 is 11.7 Å². The van der Waals surface area contributed by atoms with Crippen LogP contribution in [0.3, 0.4) is 0 Å². The Bertz CT molecular complexity index is 462. The summed E-state index contributed by atoms with van der Waals surface area (Å²) in [6.07, 6.45) is -2.75. The number of nitrogens with one attached hydrogen (secondary N) is 2. The lowest BCUT2D eigenvalue weighted by atomic mass is 10.2. The number of aromatic nitrogens is 2. The highest BCUT2D eigenvalue weighted by atomic mass is 19.4. The molecule has 2 N–H and O–H groups in total. The zero-order valence-electron chi connectivity index (χ0n) is 8.05. The van der Waals surface area contributed by atoms with Crippen LogP contribution < -0.4 is 5.32 Å². The maximum atomic E-state index is 12.4. The van der Waals surface area contributed by atoms with Gasteiger partial charge in [-0.05, 0) is 18.2 Å². The molecule has 0 unspecified atom stereocenters. The van der Waals surface area contributed by atoms with Crippen LogP contribution in [-0.4, -0.2) is 10.2 Å². The second-order valence-electron chi connectivity index (χ2n) is 3.16. The molecule has 1 aromatic carbocycles. The van der Waals surface area contributed by atoms with Crippen LogP contribution >= 0.6 is 0 Å². The molecule has 0 saturated heterocycles. The fraction of sp³-hybridized carbons (Fsp3) is 0.100. The van der Waals surface area contributed by atoms with Crippen molar-refractivity contribution in [1.82, 2.24) is 10.2 Å². The lowest BCUT2D eigenvalue weighted by Crippen LogP contribution is -2.05. The number of nitrogens with zero attached hydrogens (tertiary/aromatic N) is 1. The summed E-state index contributed by atoms with van der Waals surface area (Å²) in [6.45, 7) is 0. The highest BCUT2D eigenvalue weighted by molar-refractivity contribution is 5.56. The highest BCUT2D eigenvalue weighted by Crippen LogP contribution is 2.31. The summed E-state index contributed by atoms with van der Waals surface area (Å²) in [6, 6.07) is 6.58. The first-order valence-corrected chi connectivity index (χ1v) is 4.50. The minimum Gasteiger partial charge on any atom is -0.339 e. The van der Waals surface area contributed by atoms with Crippen LogP contribution in [-0.2, 0) is 6.18 Å². The van der Waals surface area contributed by atoms with E-state index in [0.717, 1.165) is 12.1 Å². The van der Waals surface area contributed by atoms with Gasteiger partial charge in [-0.25, -0.2) is 0 Å². The van der Waals surface area contributed by atoms with Gasteiger partial charge in [0.1, 0.15) is 0 Å². The van der Waals surface area contributed by atoms with Gasteiger partial charge >= 0.3 is 6.18 Å². The normalized spacial score (nSPS) is 11.4. The quantitative estimate of drug-likeness (QED) is 0.827. The Kier molecular flexibility index (Phi) is 2.55.